The summed E-state index contributed by atoms with van der Waals surface area (Å²) in [6, 6.07) is 8.14. The predicted molar refractivity (Wildman–Crippen MR) is 99.1 cm³/mol. The molecule has 0 radical (unpaired) electrons. The third kappa shape index (κ3) is 3.62. The van der Waals surface area contributed by atoms with E-state index in [4.69, 9.17) is 4.74 Å². The lowest BCUT2D eigenvalue weighted by molar-refractivity contribution is -0.128. The molecule has 2 amide bonds. The van der Waals surface area contributed by atoms with Gasteiger partial charge in [0.1, 0.15) is 0 Å². The number of ether oxygens (including phenoxy) is 1. The van der Waals surface area contributed by atoms with E-state index < -0.39 is 0 Å². The summed E-state index contributed by atoms with van der Waals surface area (Å²) in [5, 5.41) is 0. The van der Waals surface area contributed by atoms with Gasteiger partial charge in [0.05, 0.1) is 19.1 Å². The summed E-state index contributed by atoms with van der Waals surface area (Å²) in [6.07, 6.45) is 2.36. The molecule has 6 nitrogen and oxygen atoms in total. The van der Waals surface area contributed by atoms with E-state index in [0.717, 1.165) is 57.9 Å². The number of fused-ring (bicyclic) bond motifs is 1. The zero-order valence-electron chi connectivity index (χ0n) is 15.2. The third-order valence-corrected chi connectivity index (χ3v) is 5.73. The van der Waals surface area contributed by atoms with Gasteiger partial charge in [0.25, 0.3) is 0 Å². The van der Waals surface area contributed by atoms with Gasteiger partial charge in [-0.05, 0) is 24.5 Å². The molecular weight excluding hydrogens is 330 g/mol. The molecule has 6 heteroatoms. The van der Waals surface area contributed by atoms with E-state index in [-0.39, 0.29) is 17.7 Å². The van der Waals surface area contributed by atoms with Gasteiger partial charge in [-0.25, -0.2) is 0 Å². The fourth-order valence-corrected chi connectivity index (χ4v) is 4.22. The smallest absolute Gasteiger partial charge is 0.232 e. The number of likely N-dealkylation sites (tertiary alicyclic amines) is 1. The average molecular weight is 357 g/mol. The SMILES string of the molecule is O=C1CC(C(=O)N2CCCc3ccccc32)CN1CCN1CCOCC1. The molecule has 1 unspecified atom stereocenters. The van der Waals surface area contributed by atoms with Crippen LogP contribution in [0, 0.1) is 5.92 Å². The molecule has 3 aliphatic rings. The Hall–Kier alpha value is -1.92. The number of anilines is 1. The maximum Gasteiger partial charge on any atom is 0.232 e. The van der Waals surface area contributed by atoms with Crippen LogP contribution in [0.3, 0.4) is 0 Å². The standard InChI is InChI=1S/C20H27N3O3/c24-19-14-17(15-22(19)9-8-21-10-12-26-13-11-21)20(25)23-7-3-5-16-4-1-2-6-18(16)23/h1-2,4,6,17H,3,5,7-15H2. The number of carbonyl (C=O) groups excluding carboxylic acids is 2. The van der Waals surface area contributed by atoms with Crippen LogP contribution in [0.1, 0.15) is 18.4 Å². The van der Waals surface area contributed by atoms with Crippen LogP contribution >= 0.6 is 0 Å². The number of para-hydroxylation sites is 1. The number of hydrogen-bond donors (Lipinski definition) is 0. The monoisotopic (exact) mass is 357 g/mol. The fourth-order valence-electron chi connectivity index (χ4n) is 4.22. The number of carbonyl (C=O) groups is 2. The van der Waals surface area contributed by atoms with E-state index in [1.807, 2.05) is 28.0 Å². The molecule has 3 heterocycles. The summed E-state index contributed by atoms with van der Waals surface area (Å²) >= 11 is 0. The van der Waals surface area contributed by atoms with Crippen molar-refractivity contribution < 1.29 is 14.3 Å². The van der Waals surface area contributed by atoms with Crippen LogP contribution in [-0.2, 0) is 20.7 Å². The Morgan fingerprint density at radius 3 is 2.77 bits per heavy atom. The topological polar surface area (TPSA) is 53.1 Å². The van der Waals surface area contributed by atoms with Gasteiger partial charge in [0, 0.05) is 51.4 Å². The summed E-state index contributed by atoms with van der Waals surface area (Å²) in [6.45, 7) is 6.27. The first-order valence-electron chi connectivity index (χ1n) is 9.69. The van der Waals surface area contributed by atoms with Gasteiger partial charge in [0.2, 0.25) is 11.8 Å². The van der Waals surface area contributed by atoms with Crippen molar-refractivity contribution in [2.75, 3.05) is 57.4 Å². The Balaban J connectivity index is 1.37. The largest absolute Gasteiger partial charge is 0.379 e. The molecule has 140 valence electrons. The van der Waals surface area contributed by atoms with Crippen LogP contribution in [0.25, 0.3) is 0 Å². The molecule has 4 rings (SSSR count). The lowest BCUT2D eigenvalue weighted by Gasteiger charge is -2.31. The van der Waals surface area contributed by atoms with E-state index in [1.54, 1.807) is 0 Å². The first-order chi connectivity index (χ1) is 12.7. The molecule has 0 spiro atoms. The highest BCUT2D eigenvalue weighted by atomic mass is 16.5. The minimum Gasteiger partial charge on any atom is -0.379 e. The zero-order valence-corrected chi connectivity index (χ0v) is 15.2. The van der Waals surface area contributed by atoms with Gasteiger partial charge < -0.3 is 14.5 Å². The van der Waals surface area contributed by atoms with Crippen molar-refractivity contribution in [3.05, 3.63) is 29.8 Å². The molecule has 2 fully saturated rings. The van der Waals surface area contributed by atoms with Crippen molar-refractivity contribution >= 4 is 17.5 Å². The highest BCUT2D eigenvalue weighted by Gasteiger charge is 2.37. The Kier molecular flexibility index (Phi) is 5.22. The van der Waals surface area contributed by atoms with E-state index in [1.165, 1.54) is 5.56 Å². The summed E-state index contributed by atoms with van der Waals surface area (Å²) < 4.78 is 5.36. The second kappa shape index (κ2) is 7.76. The minimum atomic E-state index is -0.210. The number of aryl methyl sites for hydroxylation is 1. The summed E-state index contributed by atoms with van der Waals surface area (Å²) in [5.41, 5.74) is 2.27. The zero-order chi connectivity index (χ0) is 17.9. The Bertz CT molecular complexity index is 672. The van der Waals surface area contributed by atoms with Crippen molar-refractivity contribution in [2.45, 2.75) is 19.3 Å². The van der Waals surface area contributed by atoms with E-state index >= 15 is 0 Å². The van der Waals surface area contributed by atoms with Crippen LogP contribution in [-0.4, -0.2) is 74.1 Å². The van der Waals surface area contributed by atoms with Gasteiger partial charge in [-0.2, -0.15) is 0 Å². The average Bonchev–Trinajstić information content (AvgIpc) is 3.07. The van der Waals surface area contributed by atoms with Crippen LogP contribution in [0.15, 0.2) is 24.3 Å². The molecule has 1 aromatic carbocycles. The molecule has 0 N–H and O–H groups in total. The molecule has 1 atom stereocenters. The quantitative estimate of drug-likeness (QED) is 0.811. The fraction of sp³-hybridized carbons (Fsp3) is 0.600. The molecule has 0 saturated carbocycles. The van der Waals surface area contributed by atoms with Crippen LogP contribution in [0.5, 0.6) is 0 Å². The van der Waals surface area contributed by atoms with Gasteiger partial charge in [-0.3, -0.25) is 14.5 Å². The van der Waals surface area contributed by atoms with Gasteiger partial charge in [0.15, 0.2) is 0 Å². The lowest BCUT2D eigenvalue weighted by Crippen LogP contribution is -2.43. The maximum absolute atomic E-state index is 13.1. The first-order valence-corrected chi connectivity index (χ1v) is 9.69. The number of rotatable bonds is 4. The highest BCUT2D eigenvalue weighted by Crippen LogP contribution is 2.30. The second-order valence-corrected chi connectivity index (χ2v) is 7.42. The Morgan fingerprint density at radius 2 is 1.92 bits per heavy atom. The number of morpholine rings is 1. The minimum absolute atomic E-state index is 0.111. The molecule has 26 heavy (non-hydrogen) atoms. The lowest BCUT2D eigenvalue weighted by atomic mass is 9.99. The predicted octanol–water partition coefficient (Wildman–Crippen LogP) is 1.15. The van der Waals surface area contributed by atoms with E-state index in [0.29, 0.717) is 19.5 Å². The Labute approximate surface area is 154 Å². The molecule has 3 aliphatic heterocycles. The molecule has 0 aliphatic carbocycles. The molecule has 0 aromatic heterocycles. The number of hydrogen-bond acceptors (Lipinski definition) is 4. The van der Waals surface area contributed by atoms with Gasteiger partial charge in [-0.15, -0.1) is 0 Å². The van der Waals surface area contributed by atoms with Crippen molar-refractivity contribution in [3.8, 4) is 0 Å². The summed E-state index contributed by atoms with van der Waals surface area (Å²) in [5.74, 6) is 0.0135. The highest BCUT2D eigenvalue weighted by molar-refractivity contribution is 5.99. The number of benzene rings is 1. The summed E-state index contributed by atoms with van der Waals surface area (Å²) in [4.78, 5) is 31.6. The first kappa shape index (κ1) is 17.5. The van der Waals surface area contributed by atoms with Gasteiger partial charge in [-0.1, -0.05) is 18.2 Å². The third-order valence-electron chi connectivity index (χ3n) is 5.73. The Morgan fingerprint density at radius 1 is 1.12 bits per heavy atom. The second-order valence-electron chi connectivity index (χ2n) is 7.42. The van der Waals surface area contributed by atoms with E-state index in [9.17, 15) is 9.59 Å². The van der Waals surface area contributed by atoms with Crippen LogP contribution in [0.4, 0.5) is 5.69 Å². The van der Waals surface area contributed by atoms with Crippen molar-refractivity contribution in [1.29, 1.82) is 0 Å². The van der Waals surface area contributed by atoms with Crippen LogP contribution in [0.2, 0.25) is 0 Å². The van der Waals surface area contributed by atoms with Crippen molar-refractivity contribution in [1.82, 2.24) is 9.80 Å². The number of nitrogens with zero attached hydrogens (tertiary/aromatic N) is 3. The van der Waals surface area contributed by atoms with Crippen molar-refractivity contribution in [2.24, 2.45) is 5.92 Å². The molecular formula is C20H27N3O3. The van der Waals surface area contributed by atoms with Gasteiger partial charge >= 0.3 is 0 Å². The number of amides is 2. The van der Waals surface area contributed by atoms with E-state index in [2.05, 4.69) is 11.0 Å². The maximum atomic E-state index is 13.1. The normalized spacial score (nSPS) is 24.0. The summed E-state index contributed by atoms with van der Waals surface area (Å²) in [7, 11) is 0. The molecule has 0 bridgehead atoms. The molecule has 1 aromatic rings. The van der Waals surface area contributed by atoms with Crippen LogP contribution < -0.4 is 4.90 Å². The molecule has 2 saturated heterocycles. The van der Waals surface area contributed by atoms with Crippen molar-refractivity contribution in [3.63, 3.8) is 0 Å².